The van der Waals surface area contributed by atoms with Crippen LogP contribution in [0, 0.1) is 5.92 Å². The molecule has 25 heavy (non-hydrogen) atoms. The van der Waals surface area contributed by atoms with Gasteiger partial charge in [-0.05, 0) is 25.0 Å². The molecule has 1 aliphatic rings. The molecule has 1 unspecified atom stereocenters. The fourth-order valence-electron chi connectivity index (χ4n) is 3.16. The first-order chi connectivity index (χ1) is 11.8. The number of carbonyl (C=O) groups excluding carboxylic acids is 2. The number of hydrogen-bond acceptors (Lipinski definition) is 3. The number of carboxylic acids is 1. The van der Waals surface area contributed by atoms with Gasteiger partial charge in [-0.3, -0.25) is 14.4 Å². The molecule has 6 nitrogen and oxygen atoms in total. The minimum Gasteiger partial charge on any atom is -0.481 e. The van der Waals surface area contributed by atoms with Crippen molar-refractivity contribution in [3.63, 3.8) is 0 Å². The van der Waals surface area contributed by atoms with Gasteiger partial charge in [0.25, 0.3) is 0 Å². The number of aliphatic carboxylic acids is 1. The van der Waals surface area contributed by atoms with Crippen molar-refractivity contribution in [2.45, 2.75) is 45.1 Å². The molecule has 2 N–H and O–H groups in total. The zero-order valence-electron chi connectivity index (χ0n) is 14.4. The third-order valence-electron chi connectivity index (χ3n) is 4.87. The summed E-state index contributed by atoms with van der Waals surface area (Å²) in [5, 5.41) is 12.5. The van der Waals surface area contributed by atoms with Gasteiger partial charge in [-0.2, -0.15) is 0 Å². The molecule has 1 heterocycles. The number of benzene rings is 1. The summed E-state index contributed by atoms with van der Waals surface area (Å²) < 4.78 is 0. The summed E-state index contributed by atoms with van der Waals surface area (Å²) in [6.45, 7) is 3.94. The summed E-state index contributed by atoms with van der Waals surface area (Å²) in [5.41, 5.74) is -0.198. The highest BCUT2D eigenvalue weighted by Gasteiger charge is 2.39. The number of nitrogens with one attached hydrogen (secondary N) is 1. The zero-order chi connectivity index (χ0) is 18.6. The Kier molecular flexibility index (Phi) is 6.06. The molecule has 2 amide bonds. The van der Waals surface area contributed by atoms with E-state index >= 15 is 0 Å². The molecule has 0 bridgehead atoms. The number of rotatable bonds is 7. The number of nitrogens with zero attached hydrogens (tertiary/aromatic N) is 1. The highest BCUT2D eigenvalue weighted by Crippen LogP contribution is 2.31. The Morgan fingerprint density at radius 3 is 2.52 bits per heavy atom. The van der Waals surface area contributed by atoms with Gasteiger partial charge in [-0.25, -0.2) is 0 Å². The SMILES string of the molecule is CCC(CC)(CC(=O)O)NC(=O)C1CC(=O)N(c2ccccc2Cl)C1. The first-order valence-electron chi connectivity index (χ1n) is 8.40. The van der Waals surface area contributed by atoms with Crippen LogP contribution in [0.4, 0.5) is 5.69 Å². The average molecular weight is 367 g/mol. The summed E-state index contributed by atoms with van der Waals surface area (Å²) in [6, 6.07) is 7.00. The topological polar surface area (TPSA) is 86.7 Å². The lowest BCUT2D eigenvalue weighted by Crippen LogP contribution is -2.51. The van der Waals surface area contributed by atoms with E-state index in [1.165, 1.54) is 4.90 Å². The van der Waals surface area contributed by atoms with Gasteiger partial charge >= 0.3 is 5.97 Å². The highest BCUT2D eigenvalue weighted by molar-refractivity contribution is 6.33. The molecule has 0 saturated carbocycles. The lowest BCUT2D eigenvalue weighted by atomic mass is 9.88. The molecular formula is C18H23ClN2O4. The lowest BCUT2D eigenvalue weighted by molar-refractivity contribution is -0.139. The molecule has 136 valence electrons. The number of anilines is 1. The molecule has 0 radical (unpaired) electrons. The molecule has 0 spiro atoms. The summed E-state index contributed by atoms with van der Waals surface area (Å²) in [4.78, 5) is 37.6. The Morgan fingerprint density at radius 2 is 1.96 bits per heavy atom. The van der Waals surface area contributed by atoms with Crippen LogP contribution in [0.5, 0.6) is 0 Å². The van der Waals surface area contributed by atoms with Gasteiger partial charge < -0.3 is 15.3 Å². The third-order valence-corrected chi connectivity index (χ3v) is 5.19. The maximum Gasteiger partial charge on any atom is 0.305 e. The van der Waals surface area contributed by atoms with Gasteiger partial charge in [0.2, 0.25) is 11.8 Å². The van der Waals surface area contributed by atoms with Crippen molar-refractivity contribution < 1.29 is 19.5 Å². The molecule has 0 aromatic heterocycles. The predicted octanol–water partition coefficient (Wildman–Crippen LogP) is 2.84. The number of carboxylic acid groups (broad SMARTS) is 1. The molecular weight excluding hydrogens is 344 g/mol. The molecule has 0 aliphatic carbocycles. The summed E-state index contributed by atoms with van der Waals surface area (Å²) in [5.74, 6) is -1.92. The second-order valence-corrected chi connectivity index (χ2v) is 6.81. The monoisotopic (exact) mass is 366 g/mol. The first-order valence-corrected chi connectivity index (χ1v) is 8.78. The predicted molar refractivity (Wildman–Crippen MR) is 95.6 cm³/mol. The van der Waals surface area contributed by atoms with E-state index < -0.39 is 17.4 Å². The maximum absolute atomic E-state index is 12.7. The van der Waals surface area contributed by atoms with Crippen LogP contribution >= 0.6 is 11.6 Å². The van der Waals surface area contributed by atoms with E-state index in [9.17, 15) is 14.4 Å². The van der Waals surface area contributed by atoms with Crippen LogP contribution in [-0.4, -0.2) is 35.0 Å². The Labute approximate surface area is 152 Å². The van der Waals surface area contributed by atoms with Crippen molar-refractivity contribution in [3.8, 4) is 0 Å². The van der Waals surface area contributed by atoms with Gasteiger partial charge in [-0.1, -0.05) is 37.6 Å². The molecule has 7 heteroatoms. The van der Waals surface area contributed by atoms with Crippen LogP contribution in [0.3, 0.4) is 0 Å². The van der Waals surface area contributed by atoms with Crippen molar-refractivity contribution in [1.82, 2.24) is 5.32 Å². The molecule has 1 aromatic rings. The van der Waals surface area contributed by atoms with Gasteiger partial charge in [-0.15, -0.1) is 0 Å². The number of para-hydroxylation sites is 1. The van der Waals surface area contributed by atoms with Crippen LogP contribution in [0.25, 0.3) is 0 Å². The third kappa shape index (κ3) is 4.31. The summed E-state index contributed by atoms with van der Waals surface area (Å²) in [6.07, 6.45) is 0.973. The first kappa shape index (κ1) is 19.2. The number of hydrogen-bond donors (Lipinski definition) is 2. The van der Waals surface area contributed by atoms with Crippen LogP contribution in [0.1, 0.15) is 39.5 Å². The van der Waals surface area contributed by atoms with E-state index in [1.807, 2.05) is 13.8 Å². The van der Waals surface area contributed by atoms with E-state index in [0.717, 1.165) is 0 Å². The molecule has 2 rings (SSSR count). The standard InChI is InChI=1S/C18H23ClN2O4/c1-3-18(4-2,10-16(23)24)20-17(25)12-9-15(22)21(11-12)14-8-6-5-7-13(14)19/h5-8,12H,3-4,9-11H2,1-2H3,(H,20,25)(H,23,24). The largest absolute Gasteiger partial charge is 0.481 e. The highest BCUT2D eigenvalue weighted by atomic mass is 35.5. The van der Waals surface area contributed by atoms with Crippen LogP contribution in [-0.2, 0) is 14.4 Å². The van der Waals surface area contributed by atoms with Crippen molar-refractivity contribution in [1.29, 1.82) is 0 Å². The minimum atomic E-state index is -0.954. The fraction of sp³-hybridized carbons (Fsp3) is 0.500. The molecule has 1 atom stereocenters. The number of amides is 2. The maximum atomic E-state index is 12.7. The van der Waals surface area contributed by atoms with Crippen LogP contribution < -0.4 is 10.2 Å². The van der Waals surface area contributed by atoms with Crippen molar-refractivity contribution in [3.05, 3.63) is 29.3 Å². The molecule has 1 aromatic carbocycles. The Hall–Kier alpha value is -2.08. The Bertz CT molecular complexity index is 673. The van der Waals surface area contributed by atoms with E-state index in [4.69, 9.17) is 16.7 Å². The van der Waals surface area contributed by atoms with Crippen molar-refractivity contribution >= 4 is 35.1 Å². The van der Waals surface area contributed by atoms with Crippen LogP contribution in [0.2, 0.25) is 5.02 Å². The van der Waals surface area contributed by atoms with Gasteiger partial charge in [0.15, 0.2) is 0 Å². The van der Waals surface area contributed by atoms with E-state index in [-0.39, 0.29) is 31.2 Å². The molecule has 1 fully saturated rings. The fourth-order valence-corrected chi connectivity index (χ4v) is 3.40. The van der Waals surface area contributed by atoms with Crippen molar-refractivity contribution in [2.24, 2.45) is 5.92 Å². The van der Waals surface area contributed by atoms with Gasteiger partial charge in [0, 0.05) is 18.5 Å². The average Bonchev–Trinajstić information content (AvgIpc) is 2.96. The molecule has 1 saturated heterocycles. The smallest absolute Gasteiger partial charge is 0.305 e. The number of halogens is 1. The second kappa shape index (κ2) is 7.87. The zero-order valence-corrected chi connectivity index (χ0v) is 15.2. The van der Waals surface area contributed by atoms with E-state index in [1.54, 1.807) is 24.3 Å². The summed E-state index contributed by atoms with van der Waals surface area (Å²) in [7, 11) is 0. The van der Waals surface area contributed by atoms with Gasteiger partial charge in [0.1, 0.15) is 0 Å². The van der Waals surface area contributed by atoms with Crippen molar-refractivity contribution in [2.75, 3.05) is 11.4 Å². The minimum absolute atomic E-state index is 0.0909. The Morgan fingerprint density at radius 1 is 1.32 bits per heavy atom. The second-order valence-electron chi connectivity index (χ2n) is 6.40. The van der Waals surface area contributed by atoms with E-state index in [0.29, 0.717) is 23.6 Å². The number of carbonyl (C=O) groups is 3. The van der Waals surface area contributed by atoms with Gasteiger partial charge in [0.05, 0.1) is 23.0 Å². The quantitative estimate of drug-likeness (QED) is 0.776. The van der Waals surface area contributed by atoms with Crippen LogP contribution in [0.15, 0.2) is 24.3 Å². The normalized spacial score (nSPS) is 17.6. The Balaban J connectivity index is 2.12. The molecule has 1 aliphatic heterocycles. The lowest BCUT2D eigenvalue weighted by Gasteiger charge is -2.32. The summed E-state index contributed by atoms with van der Waals surface area (Å²) >= 11 is 6.15. The van der Waals surface area contributed by atoms with E-state index in [2.05, 4.69) is 5.32 Å².